The Labute approximate surface area is 81.3 Å². The molecule has 0 fully saturated rings. The topological polar surface area (TPSA) is 60.9 Å². The summed E-state index contributed by atoms with van der Waals surface area (Å²) in [6.07, 6.45) is 1.74. The number of nitrogens with two attached hydrogens (primary N) is 1. The van der Waals surface area contributed by atoms with Crippen molar-refractivity contribution in [2.75, 3.05) is 6.54 Å². The number of carbonyl (C=O) groups excluding carboxylic acids is 1. The lowest BCUT2D eigenvalue weighted by atomic mass is 10.1. The molecule has 2 aromatic rings. The van der Waals surface area contributed by atoms with Gasteiger partial charge < -0.3 is 5.73 Å². The van der Waals surface area contributed by atoms with Crippen molar-refractivity contribution in [2.45, 2.75) is 0 Å². The van der Waals surface area contributed by atoms with E-state index in [1.54, 1.807) is 16.9 Å². The Bertz CT molecular complexity index is 487. The van der Waals surface area contributed by atoms with E-state index in [1.165, 1.54) is 0 Å². The zero-order chi connectivity index (χ0) is 10.1. The molecule has 0 aliphatic rings. The number of aromatic nitrogens is 2. The third-order valence-corrected chi connectivity index (χ3v) is 2.25. The number of aryl methyl sites for hydroxylation is 1. The second-order valence-corrected chi connectivity index (χ2v) is 3.14. The van der Waals surface area contributed by atoms with E-state index >= 15 is 0 Å². The zero-order valence-corrected chi connectivity index (χ0v) is 7.90. The number of nitrogens with zero attached hydrogens (tertiary/aromatic N) is 2. The van der Waals surface area contributed by atoms with Crippen molar-refractivity contribution in [1.82, 2.24) is 9.78 Å². The van der Waals surface area contributed by atoms with Gasteiger partial charge in [-0.1, -0.05) is 12.1 Å². The molecule has 14 heavy (non-hydrogen) atoms. The van der Waals surface area contributed by atoms with Crippen LogP contribution in [-0.2, 0) is 7.05 Å². The van der Waals surface area contributed by atoms with Gasteiger partial charge in [0.15, 0.2) is 5.78 Å². The first-order valence-corrected chi connectivity index (χ1v) is 4.38. The second kappa shape index (κ2) is 3.23. The summed E-state index contributed by atoms with van der Waals surface area (Å²) in [6, 6.07) is 5.54. The molecule has 1 aromatic carbocycles. The van der Waals surface area contributed by atoms with Crippen LogP contribution in [-0.4, -0.2) is 22.1 Å². The maximum atomic E-state index is 11.5. The van der Waals surface area contributed by atoms with Crippen LogP contribution in [0.25, 0.3) is 10.9 Å². The van der Waals surface area contributed by atoms with Crippen molar-refractivity contribution in [3.8, 4) is 0 Å². The lowest BCUT2D eigenvalue weighted by Gasteiger charge is -2.01. The monoisotopic (exact) mass is 189 g/mol. The number of hydrogen-bond donors (Lipinski definition) is 1. The van der Waals surface area contributed by atoms with E-state index in [1.807, 2.05) is 19.2 Å². The summed E-state index contributed by atoms with van der Waals surface area (Å²) in [7, 11) is 1.82. The fraction of sp³-hybridized carbons (Fsp3) is 0.200. The van der Waals surface area contributed by atoms with Crippen LogP contribution >= 0.6 is 0 Å². The van der Waals surface area contributed by atoms with Crippen LogP contribution in [0.15, 0.2) is 24.4 Å². The summed E-state index contributed by atoms with van der Waals surface area (Å²) in [5, 5.41) is 5.06. The summed E-state index contributed by atoms with van der Waals surface area (Å²) in [5.74, 6) is -0.0563. The molecule has 0 aliphatic carbocycles. The van der Waals surface area contributed by atoms with Gasteiger partial charge in [0, 0.05) is 18.0 Å². The number of hydrogen-bond acceptors (Lipinski definition) is 3. The lowest BCUT2D eigenvalue weighted by Crippen LogP contribution is -2.14. The van der Waals surface area contributed by atoms with Crippen LogP contribution in [0.5, 0.6) is 0 Å². The van der Waals surface area contributed by atoms with Gasteiger partial charge in [0.05, 0.1) is 18.3 Å². The molecule has 0 radical (unpaired) electrons. The van der Waals surface area contributed by atoms with Gasteiger partial charge in [-0.3, -0.25) is 9.48 Å². The van der Waals surface area contributed by atoms with E-state index in [-0.39, 0.29) is 12.3 Å². The first-order chi connectivity index (χ1) is 6.74. The van der Waals surface area contributed by atoms with Gasteiger partial charge in [0.1, 0.15) is 0 Å². The Hall–Kier alpha value is -1.68. The highest BCUT2D eigenvalue weighted by atomic mass is 16.1. The summed E-state index contributed by atoms with van der Waals surface area (Å²) in [4.78, 5) is 11.5. The molecule has 0 amide bonds. The Kier molecular flexibility index (Phi) is 2.05. The average molecular weight is 189 g/mol. The van der Waals surface area contributed by atoms with Crippen LogP contribution in [0.2, 0.25) is 0 Å². The molecule has 4 nitrogen and oxygen atoms in total. The first-order valence-electron chi connectivity index (χ1n) is 4.38. The van der Waals surface area contributed by atoms with Crippen LogP contribution < -0.4 is 5.73 Å². The third kappa shape index (κ3) is 1.20. The molecule has 0 unspecified atom stereocenters. The number of carbonyl (C=O) groups is 1. The minimum absolute atomic E-state index is 0.0320. The van der Waals surface area contributed by atoms with E-state index in [9.17, 15) is 4.79 Å². The molecule has 0 saturated heterocycles. The Morgan fingerprint density at radius 3 is 3.07 bits per heavy atom. The average Bonchev–Trinajstić information content (AvgIpc) is 2.59. The zero-order valence-electron chi connectivity index (χ0n) is 7.90. The molecule has 2 N–H and O–H groups in total. The third-order valence-electron chi connectivity index (χ3n) is 2.25. The smallest absolute Gasteiger partial charge is 0.178 e. The number of rotatable bonds is 2. The largest absolute Gasteiger partial charge is 0.324 e. The van der Waals surface area contributed by atoms with Crippen molar-refractivity contribution in [3.63, 3.8) is 0 Å². The SMILES string of the molecule is Cn1ncc2cccc(C(=O)CN)c21. The van der Waals surface area contributed by atoms with Crippen molar-refractivity contribution in [1.29, 1.82) is 0 Å². The fourth-order valence-electron chi connectivity index (χ4n) is 1.57. The molecular weight excluding hydrogens is 178 g/mol. The van der Waals surface area contributed by atoms with Crippen LogP contribution in [0.4, 0.5) is 0 Å². The Balaban J connectivity index is 2.75. The molecule has 0 saturated carbocycles. The van der Waals surface area contributed by atoms with Gasteiger partial charge in [-0.15, -0.1) is 0 Å². The number of Topliss-reactive ketones (excluding diaryl/α,β-unsaturated/α-hetero) is 1. The Morgan fingerprint density at radius 2 is 2.36 bits per heavy atom. The quantitative estimate of drug-likeness (QED) is 0.708. The van der Waals surface area contributed by atoms with Gasteiger partial charge >= 0.3 is 0 Å². The van der Waals surface area contributed by atoms with Gasteiger partial charge in [-0.05, 0) is 6.07 Å². The van der Waals surface area contributed by atoms with Crippen LogP contribution in [0, 0.1) is 0 Å². The Morgan fingerprint density at radius 1 is 1.57 bits per heavy atom. The molecule has 1 aromatic heterocycles. The molecule has 0 aliphatic heterocycles. The number of fused-ring (bicyclic) bond motifs is 1. The highest BCUT2D eigenvalue weighted by molar-refractivity contribution is 6.07. The van der Waals surface area contributed by atoms with E-state index in [2.05, 4.69) is 5.10 Å². The van der Waals surface area contributed by atoms with Crippen LogP contribution in [0.3, 0.4) is 0 Å². The van der Waals surface area contributed by atoms with Gasteiger partial charge in [-0.2, -0.15) is 5.10 Å². The predicted molar refractivity (Wildman–Crippen MR) is 54.1 cm³/mol. The molecule has 0 spiro atoms. The summed E-state index contributed by atoms with van der Waals surface area (Å²) in [6.45, 7) is 0.0320. The summed E-state index contributed by atoms with van der Waals surface area (Å²) >= 11 is 0. The van der Waals surface area contributed by atoms with Crippen molar-refractivity contribution < 1.29 is 4.79 Å². The highest BCUT2D eigenvalue weighted by Gasteiger charge is 2.10. The minimum Gasteiger partial charge on any atom is -0.324 e. The van der Waals surface area contributed by atoms with E-state index < -0.39 is 0 Å². The second-order valence-electron chi connectivity index (χ2n) is 3.14. The first kappa shape index (κ1) is 8.90. The van der Waals surface area contributed by atoms with Crippen molar-refractivity contribution in [3.05, 3.63) is 30.0 Å². The molecule has 0 atom stereocenters. The normalized spacial score (nSPS) is 10.7. The maximum absolute atomic E-state index is 11.5. The van der Waals surface area contributed by atoms with Gasteiger partial charge in [0.2, 0.25) is 0 Å². The number of ketones is 1. The molecule has 1 heterocycles. The predicted octanol–water partition coefficient (Wildman–Crippen LogP) is 0.715. The van der Waals surface area contributed by atoms with E-state index in [4.69, 9.17) is 5.73 Å². The van der Waals surface area contributed by atoms with Crippen molar-refractivity contribution >= 4 is 16.7 Å². The summed E-state index contributed by atoms with van der Waals surface area (Å²) in [5.41, 5.74) is 6.83. The summed E-state index contributed by atoms with van der Waals surface area (Å²) < 4.78 is 1.69. The number of para-hydroxylation sites is 1. The molecule has 4 heteroatoms. The maximum Gasteiger partial charge on any atom is 0.178 e. The lowest BCUT2D eigenvalue weighted by molar-refractivity contribution is 0.100. The van der Waals surface area contributed by atoms with Gasteiger partial charge in [-0.25, -0.2) is 0 Å². The highest BCUT2D eigenvalue weighted by Crippen LogP contribution is 2.17. The standard InChI is InChI=1S/C10H11N3O/c1-13-10-7(6-12-13)3-2-4-8(10)9(14)5-11/h2-4,6H,5,11H2,1H3. The molecular formula is C10H11N3O. The van der Waals surface area contributed by atoms with Gasteiger partial charge in [0.25, 0.3) is 0 Å². The molecule has 2 rings (SSSR count). The molecule has 0 bridgehead atoms. The van der Waals surface area contributed by atoms with E-state index in [0.717, 1.165) is 10.9 Å². The molecule has 72 valence electrons. The van der Waals surface area contributed by atoms with Crippen molar-refractivity contribution in [2.24, 2.45) is 12.8 Å². The van der Waals surface area contributed by atoms with Crippen LogP contribution in [0.1, 0.15) is 10.4 Å². The minimum atomic E-state index is -0.0563. The fourth-order valence-corrected chi connectivity index (χ4v) is 1.57. The van der Waals surface area contributed by atoms with E-state index in [0.29, 0.717) is 5.56 Å². The number of benzene rings is 1.